The normalized spacial score (nSPS) is 11.0. The van der Waals surface area contributed by atoms with E-state index in [0.29, 0.717) is 17.4 Å². The number of fused-ring (bicyclic) bond motifs is 1. The number of aromatic nitrogens is 1. The van der Waals surface area contributed by atoms with E-state index in [-0.39, 0.29) is 0 Å². The molecule has 0 aliphatic heterocycles. The number of carboxylic acid groups (broad SMARTS) is 1. The number of hydrogen-bond donors (Lipinski definition) is 1. The number of anilines is 1. The molecule has 0 aliphatic rings. The molecule has 0 atom stereocenters. The van der Waals surface area contributed by atoms with Gasteiger partial charge >= 0.3 is 6.09 Å². The van der Waals surface area contributed by atoms with Crippen LogP contribution in [0.15, 0.2) is 23.6 Å². The summed E-state index contributed by atoms with van der Waals surface area (Å²) >= 11 is 11.4. The summed E-state index contributed by atoms with van der Waals surface area (Å²) in [4.78, 5) is 18.4. The Morgan fingerprint density at radius 3 is 2.95 bits per heavy atom. The second-order valence-electron chi connectivity index (χ2n) is 4.59. The second-order valence-corrected chi connectivity index (χ2v) is 8.84. The van der Waals surface area contributed by atoms with Crippen molar-refractivity contribution < 1.29 is 9.90 Å². The maximum Gasteiger partial charge on any atom is 0.412 e. The molecule has 1 amide bonds. The van der Waals surface area contributed by atoms with Crippen molar-refractivity contribution in [3.8, 4) is 0 Å². The molecule has 4 nitrogen and oxygen atoms in total. The summed E-state index contributed by atoms with van der Waals surface area (Å²) in [7, 11) is 0. The lowest BCUT2D eigenvalue weighted by Crippen LogP contribution is -2.28. The second kappa shape index (κ2) is 6.31. The Labute approximate surface area is 153 Å². The fraction of sp³-hybridized carbons (Fsp3) is 0.143. The summed E-state index contributed by atoms with van der Waals surface area (Å²) in [5, 5.41) is 11.9. The summed E-state index contributed by atoms with van der Waals surface area (Å²) in [6.45, 7) is 2.27. The fourth-order valence-electron chi connectivity index (χ4n) is 2.12. The lowest BCUT2D eigenvalue weighted by Gasteiger charge is -2.19. The SMILES string of the molecule is Cc1c(I)sc2c(N(Cc3cccs3)C(=O)O)cc(Cl)nc12. The lowest BCUT2D eigenvalue weighted by molar-refractivity contribution is 0.201. The lowest BCUT2D eigenvalue weighted by atomic mass is 10.2. The minimum absolute atomic E-state index is 0.302. The van der Waals surface area contributed by atoms with Crippen molar-refractivity contribution in [3.05, 3.63) is 42.1 Å². The van der Waals surface area contributed by atoms with E-state index in [2.05, 4.69) is 27.6 Å². The zero-order chi connectivity index (χ0) is 15.9. The Morgan fingerprint density at radius 1 is 1.55 bits per heavy atom. The molecular weight excluding hydrogens is 455 g/mol. The Balaban J connectivity index is 2.17. The zero-order valence-electron chi connectivity index (χ0n) is 11.3. The summed E-state index contributed by atoms with van der Waals surface area (Å²) in [6.07, 6.45) is -1.00. The van der Waals surface area contributed by atoms with Crippen molar-refractivity contribution in [2.45, 2.75) is 13.5 Å². The topological polar surface area (TPSA) is 53.4 Å². The molecule has 0 bridgehead atoms. The van der Waals surface area contributed by atoms with E-state index in [1.807, 2.05) is 24.4 Å². The van der Waals surface area contributed by atoms with Crippen LogP contribution in [0.4, 0.5) is 10.5 Å². The number of rotatable bonds is 3. The minimum atomic E-state index is -1.00. The van der Waals surface area contributed by atoms with Crippen LogP contribution in [0.25, 0.3) is 10.2 Å². The minimum Gasteiger partial charge on any atom is -0.465 e. The van der Waals surface area contributed by atoms with Gasteiger partial charge in [-0.25, -0.2) is 9.78 Å². The van der Waals surface area contributed by atoms with Gasteiger partial charge in [-0.1, -0.05) is 17.7 Å². The largest absolute Gasteiger partial charge is 0.465 e. The highest BCUT2D eigenvalue weighted by Crippen LogP contribution is 2.39. The highest BCUT2D eigenvalue weighted by atomic mass is 127. The molecule has 3 heterocycles. The number of amides is 1. The molecule has 3 rings (SSSR count). The molecule has 0 aliphatic carbocycles. The Kier molecular flexibility index (Phi) is 4.58. The van der Waals surface area contributed by atoms with Gasteiger partial charge in [0, 0.05) is 10.9 Å². The van der Waals surface area contributed by atoms with E-state index in [4.69, 9.17) is 11.6 Å². The van der Waals surface area contributed by atoms with Gasteiger partial charge in [0.15, 0.2) is 0 Å². The van der Waals surface area contributed by atoms with E-state index in [0.717, 1.165) is 23.5 Å². The summed E-state index contributed by atoms with van der Waals surface area (Å²) in [5.41, 5.74) is 2.40. The van der Waals surface area contributed by atoms with E-state index in [1.165, 1.54) is 27.6 Å². The standard InChI is InChI=1S/C14H10ClIN2O2S2/c1-7-11-12(22-13(7)16)9(5-10(15)17-11)18(14(19)20)6-8-3-2-4-21-8/h2-5H,6H2,1H3,(H,19,20). The van der Waals surface area contributed by atoms with E-state index < -0.39 is 6.09 Å². The maximum atomic E-state index is 11.7. The Morgan fingerprint density at radius 2 is 2.32 bits per heavy atom. The third kappa shape index (κ3) is 2.94. The molecule has 3 aromatic rings. The van der Waals surface area contributed by atoms with Crippen LogP contribution in [0.2, 0.25) is 5.15 Å². The number of carbonyl (C=O) groups is 1. The summed E-state index contributed by atoms with van der Waals surface area (Å²) in [6, 6.07) is 5.45. The third-order valence-corrected chi connectivity index (χ3v) is 6.80. The van der Waals surface area contributed by atoms with Gasteiger partial charge in [-0.3, -0.25) is 4.90 Å². The van der Waals surface area contributed by atoms with Gasteiger partial charge in [-0.15, -0.1) is 22.7 Å². The third-order valence-electron chi connectivity index (χ3n) is 3.18. The van der Waals surface area contributed by atoms with Crippen LogP contribution in [0, 0.1) is 9.81 Å². The van der Waals surface area contributed by atoms with Gasteiger partial charge in [0.1, 0.15) is 5.15 Å². The van der Waals surface area contributed by atoms with E-state index in [9.17, 15) is 9.90 Å². The maximum absolute atomic E-state index is 11.7. The number of thiophene rings is 2. The molecule has 0 aromatic carbocycles. The Hall–Kier alpha value is -0.900. The van der Waals surface area contributed by atoms with Crippen molar-refractivity contribution in [1.82, 2.24) is 4.98 Å². The van der Waals surface area contributed by atoms with Crippen molar-refractivity contribution in [2.24, 2.45) is 0 Å². The van der Waals surface area contributed by atoms with E-state index >= 15 is 0 Å². The molecule has 1 N–H and O–H groups in total. The van der Waals surface area contributed by atoms with Crippen LogP contribution in [0.3, 0.4) is 0 Å². The van der Waals surface area contributed by atoms with Crippen LogP contribution < -0.4 is 4.90 Å². The molecule has 0 spiro atoms. The van der Waals surface area contributed by atoms with Gasteiger partial charge in [0.05, 0.1) is 25.3 Å². The van der Waals surface area contributed by atoms with Crippen LogP contribution in [-0.2, 0) is 6.54 Å². The zero-order valence-corrected chi connectivity index (χ0v) is 15.9. The predicted molar refractivity (Wildman–Crippen MR) is 101 cm³/mol. The highest BCUT2D eigenvalue weighted by molar-refractivity contribution is 14.1. The number of halogens is 2. The van der Waals surface area contributed by atoms with Crippen molar-refractivity contribution in [3.63, 3.8) is 0 Å². The molecule has 22 heavy (non-hydrogen) atoms. The average Bonchev–Trinajstić information content (AvgIpc) is 3.06. The quantitative estimate of drug-likeness (QED) is 0.405. The Bertz CT molecular complexity index is 848. The molecule has 0 saturated heterocycles. The molecule has 0 radical (unpaired) electrons. The van der Waals surface area contributed by atoms with Gasteiger partial charge in [0.25, 0.3) is 0 Å². The van der Waals surface area contributed by atoms with Gasteiger partial charge in [-0.05, 0) is 46.5 Å². The first-order valence-corrected chi connectivity index (χ1v) is 9.40. The van der Waals surface area contributed by atoms with Crippen molar-refractivity contribution in [2.75, 3.05) is 4.90 Å². The molecular formula is C14H10ClIN2O2S2. The molecule has 114 valence electrons. The first kappa shape index (κ1) is 16.0. The average molecular weight is 465 g/mol. The van der Waals surface area contributed by atoms with Gasteiger partial charge < -0.3 is 5.11 Å². The van der Waals surface area contributed by atoms with Crippen LogP contribution >= 0.6 is 56.9 Å². The number of nitrogens with zero attached hydrogens (tertiary/aromatic N) is 2. The van der Waals surface area contributed by atoms with Crippen LogP contribution in [-0.4, -0.2) is 16.2 Å². The smallest absolute Gasteiger partial charge is 0.412 e. The summed E-state index contributed by atoms with van der Waals surface area (Å²) in [5.74, 6) is 0. The molecule has 3 aromatic heterocycles. The monoisotopic (exact) mass is 464 g/mol. The first-order chi connectivity index (χ1) is 10.5. The first-order valence-electron chi connectivity index (χ1n) is 6.25. The molecule has 0 saturated carbocycles. The van der Waals surface area contributed by atoms with Gasteiger partial charge in [-0.2, -0.15) is 0 Å². The molecule has 8 heteroatoms. The number of aryl methyl sites for hydroxylation is 1. The molecule has 0 unspecified atom stereocenters. The van der Waals surface area contributed by atoms with Crippen molar-refractivity contribution in [1.29, 1.82) is 0 Å². The van der Waals surface area contributed by atoms with Crippen LogP contribution in [0.5, 0.6) is 0 Å². The molecule has 0 fully saturated rings. The fourth-order valence-corrected chi connectivity index (χ4v) is 4.91. The van der Waals surface area contributed by atoms with Crippen molar-refractivity contribution >= 4 is 78.9 Å². The summed E-state index contributed by atoms with van der Waals surface area (Å²) < 4.78 is 1.94. The van der Waals surface area contributed by atoms with Gasteiger partial charge in [0.2, 0.25) is 0 Å². The van der Waals surface area contributed by atoms with Crippen LogP contribution in [0.1, 0.15) is 10.4 Å². The number of hydrogen-bond acceptors (Lipinski definition) is 4. The highest BCUT2D eigenvalue weighted by Gasteiger charge is 2.22. The predicted octanol–water partition coefficient (Wildman–Crippen LogP) is 5.61. The number of pyridine rings is 1. The van der Waals surface area contributed by atoms with E-state index in [1.54, 1.807) is 6.07 Å².